The van der Waals surface area contributed by atoms with Crippen LogP contribution in [-0.4, -0.2) is 38.8 Å². The second kappa shape index (κ2) is 7.79. The van der Waals surface area contributed by atoms with Crippen molar-refractivity contribution in [3.05, 3.63) is 54.3 Å². The molecular formula is C18H19FN2O3. The van der Waals surface area contributed by atoms with Crippen LogP contribution in [0, 0.1) is 5.82 Å². The van der Waals surface area contributed by atoms with Crippen LogP contribution in [0.3, 0.4) is 0 Å². The Kier molecular flexibility index (Phi) is 5.28. The number of anilines is 2. The van der Waals surface area contributed by atoms with E-state index in [1.165, 1.54) is 12.1 Å². The Bertz CT molecular complexity index is 688. The van der Waals surface area contributed by atoms with Crippen molar-refractivity contribution in [2.75, 3.05) is 43.1 Å². The highest BCUT2D eigenvalue weighted by atomic mass is 19.1. The number of ether oxygens (including phenoxy) is 2. The molecule has 6 heteroatoms. The molecule has 0 atom stereocenters. The minimum Gasteiger partial charge on any atom is -0.484 e. The van der Waals surface area contributed by atoms with E-state index < -0.39 is 5.82 Å². The smallest absolute Gasteiger partial charge is 0.262 e. The van der Waals surface area contributed by atoms with Gasteiger partial charge in [0.25, 0.3) is 5.91 Å². The van der Waals surface area contributed by atoms with Crippen LogP contribution in [0.15, 0.2) is 48.5 Å². The van der Waals surface area contributed by atoms with Gasteiger partial charge in [-0.15, -0.1) is 0 Å². The molecule has 1 aliphatic rings. The maximum Gasteiger partial charge on any atom is 0.262 e. The molecule has 1 saturated heterocycles. The number of hydrogen-bond donors (Lipinski definition) is 1. The molecule has 0 bridgehead atoms. The molecule has 0 unspecified atom stereocenters. The number of morpholine rings is 1. The zero-order valence-electron chi connectivity index (χ0n) is 13.2. The van der Waals surface area contributed by atoms with Gasteiger partial charge in [0, 0.05) is 13.1 Å². The van der Waals surface area contributed by atoms with Crippen molar-refractivity contribution in [1.82, 2.24) is 0 Å². The Labute approximate surface area is 140 Å². The third-order valence-corrected chi connectivity index (χ3v) is 3.70. The number of hydrogen-bond acceptors (Lipinski definition) is 4. The quantitative estimate of drug-likeness (QED) is 0.916. The van der Waals surface area contributed by atoms with E-state index in [0.29, 0.717) is 37.7 Å². The molecule has 2 aromatic rings. The number of benzene rings is 2. The Morgan fingerprint density at radius 1 is 1.17 bits per heavy atom. The molecule has 1 fully saturated rings. The number of nitrogens with one attached hydrogen (secondary N) is 1. The summed E-state index contributed by atoms with van der Waals surface area (Å²) < 4.78 is 24.3. The molecule has 0 spiro atoms. The van der Waals surface area contributed by atoms with Gasteiger partial charge in [-0.3, -0.25) is 4.79 Å². The molecular weight excluding hydrogens is 311 g/mol. The standard InChI is InChI=1S/C18H19FN2O3/c19-14-6-7-17(21-8-10-23-11-9-21)16(12-14)20-18(22)13-24-15-4-2-1-3-5-15/h1-7,12H,8-11,13H2,(H,20,22). The Morgan fingerprint density at radius 3 is 2.67 bits per heavy atom. The average Bonchev–Trinajstić information content (AvgIpc) is 2.62. The summed E-state index contributed by atoms with van der Waals surface area (Å²) in [7, 11) is 0. The summed E-state index contributed by atoms with van der Waals surface area (Å²) in [5, 5.41) is 2.73. The van der Waals surface area contributed by atoms with Crippen LogP contribution in [0.2, 0.25) is 0 Å². The molecule has 5 nitrogen and oxygen atoms in total. The molecule has 1 heterocycles. The highest BCUT2D eigenvalue weighted by Crippen LogP contribution is 2.27. The second-order valence-corrected chi connectivity index (χ2v) is 5.41. The fraction of sp³-hybridized carbons (Fsp3) is 0.278. The molecule has 0 radical (unpaired) electrons. The van der Waals surface area contributed by atoms with Gasteiger partial charge in [0.2, 0.25) is 0 Å². The van der Waals surface area contributed by atoms with E-state index in [4.69, 9.17) is 9.47 Å². The van der Waals surface area contributed by atoms with Crippen LogP contribution in [0.4, 0.5) is 15.8 Å². The van der Waals surface area contributed by atoms with Gasteiger partial charge in [0.05, 0.1) is 24.6 Å². The maximum absolute atomic E-state index is 13.6. The first-order valence-corrected chi connectivity index (χ1v) is 7.82. The molecule has 1 aliphatic heterocycles. The molecule has 0 aliphatic carbocycles. The highest BCUT2D eigenvalue weighted by molar-refractivity contribution is 5.95. The lowest BCUT2D eigenvalue weighted by molar-refractivity contribution is -0.118. The summed E-state index contributed by atoms with van der Waals surface area (Å²) >= 11 is 0. The van der Waals surface area contributed by atoms with Gasteiger partial charge in [-0.2, -0.15) is 0 Å². The van der Waals surface area contributed by atoms with E-state index in [2.05, 4.69) is 10.2 Å². The third-order valence-electron chi connectivity index (χ3n) is 3.70. The normalized spacial score (nSPS) is 14.3. The fourth-order valence-corrected chi connectivity index (χ4v) is 2.54. The molecule has 24 heavy (non-hydrogen) atoms. The predicted octanol–water partition coefficient (Wildman–Crippen LogP) is 2.68. The van der Waals surface area contributed by atoms with Gasteiger partial charge in [0.1, 0.15) is 11.6 Å². The summed E-state index contributed by atoms with van der Waals surface area (Å²) in [5.41, 5.74) is 1.23. The third kappa shape index (κ3) is 4.23. The van der Waals surface area contributed by atoms with Gasteiger partial charge in [0.15, 0.2) is 6.61 Å². The van der Waals surface area contributed by atoms with E-state index in [9.17, 15) is 9.18 Å². The van der Waals surface area contributed by atoms with Gasteiger partial charge < -0.3 is 19.7 Å². The zero-order valence-corrected chi connectivity index (χ0v) is 13.2. The molecule has 0 saturated carbocycles. The largest absolute Gasteiger partial charge is 0.484 e. The summed E-state index contributed by atoms with van der Waals surface area (Å²) in [6.07, 6.45) is 0. The van der Waals surface area contributed by atoms with Crippen molar-refractivity contribution >= 4 is 17.3 Å². The first kappa shape index (κ1) is 16.3. The van der Waals surface area contributed by atoms with Crippen molar-refractivity contribution in [3.8, 4) is 5.75 Å². The number of halogens is 1. The Balaban J connectivity index is 1.66. The predicted molar refractivity (Wildman–Crippen MR) is 90.0 cm³/mol. The van der Waals surface area contributed by atoms with Crippen molar-refractivity contribution in [2.45, 2.75) is 0 Å². The molecule has 1 N–H and O–H groups in total. The van der Waals surface area contributed by atoms with E-state index >= 15 is 0 Å². The number of carbonyl (C=O) groups is 1. The van der Waals surface area contributed by atoms with Crippen LogP contribution < -0.4 is 15.0 Å². The van der Waals surface area contributed by atoms with E-state index in [0.717, 1.165) is 5.69 Å². The zero-order chi connectivity index (χ0) is 16.8. The summed E-state index contributed by atoms with van der Waals surface area (Å²) in [5.74, 6) is -0.120. The lowest BCUT2D eigenvalue weighted by Crippen LogP contribution is -2.37. The summed E-state index contributed by atoms with van der Waals surface area (Å²) in [6.45, 7) is 2.50. The molecule has 3 rings (SSSR count). The molecule has 126 valence electrons. The minimum atomic E-state index is -0.397. The lowest BCUT2D eigenvalue weighted by Gasteiger charge is -2.30. The van der Waals surface area contributed by atoms with Crippen molar-refractivity contribution in [1.29, 1.82) is 0 Å². The van der Waals surface area contributed by atoms with Gasteiger partial charge in [-0.1, -0.05) is 18.2 Å². The van der Waals surface area contributed by atoms with Gasteiger partial charge in [-0.05, 0) is 30.3 Å². The number of amides is 1. The highest BCUT2D eigenvalue weighted by Gasteiger charge is 2.17. The summed E-state index contributed by atoms with van der Waals surface area (Å²) in [4.78, 5) is 14.2. The average molecular weight is 330 g/mol. The van der Waals surface area contributed by atoms with E-state index in [-0.39, 0.29) is 12.5 Å². The Morgan fingerprint density at radius 2 is 1.92 bits per heavy atom. The number of carbonyl (C=O) groups excluding carboxylic acids is 1. The summed E-state index contributed by atoms with van der Waals surface area (Å²) in [6, 6.07) is 13.5. The topological polar surface area (TPSA) is 50.8 Å². The number of para-hydroxylation sites is 1. The van der Waals surface area contributed by atoms with Crippen molar-refractivity contribution < 1.29 is 18.7 Å². The van der Waals surface area contributed by atoms with E-state index in [1.807, 2.05) is 18.2 Å². The second-order valence-electron chi connectivity index (χ2n) is 5.41. The van der Waals surface area contributed by atoms with Crippen LogP contribution in [-0.2, 0) is 9.53 Å². The molecule has 2 aromatic carbocycles. The van der Waals surface area contributed by atoms with Crippen LogP contribution in [0.1, 0.15) is 0 Å². The first-order valence-electron chi connectivity index (χ1n) is 7.82. The fourth-order valence-electron chi connectivity index (χ4n) is 2.54. The van der Waals surface area contributed by atoms with Gasteiger partial charge in [-0.25, -0.2) is 4.39 Å². The maximum atomic E-state index is 13.6. The monoisotopic (exact) mass is 330 g/mol. The first-order chi connectivity index (χ1) is 11.7. The SMILES string of the molecule is O=C(COc1ccccc1)Nc1cc(F)ccc1N1CCOCC1. The molecule has 1 amide bonds. The van der Waals surface area contributed by atoms with E-state index in [1.54, 1.807) is 18.2 Å². The molecule has 0 aromatic heterocycles. The number of rotatable bonds is 5. The lowest BCUT2D eigenvalue weighted by atomic mass is 10.2. The van der Waals surface area contributed by atoms with Crippen LogP contribution in [0.25, 0.3) is 0 Å². The van der Waals surface area contributed by atoms with Gasteiger partial charge >= 0.3 is 0 Å². The minimum absolute atomic E-state index is 0.136. The van der Waals surface area contributed by atoms with Crippen LogP contribution in [0.5, 0.6) is 5.75 Å². The van der Waals surface area contributed by atoms with Crippen molar-refractivity contribution in [3.63, 3.8) is 0 Å². The number of nitrogens with zero attached hydrogens (tertiary/aromatic N) is 1. The Hall–Kier alpha value is -2.60. The van der Waals surface area contributed by atoms with Crippen LogP contribution >= 0.6 is 0 Å². The van der Waals surface area contributed by atoms with Crippen molar-refractivity contribution in [2.24, 2.45) is 0 Å².